The van der Waals surface area contributed by atoms with Gasteiger partial charge in [0, 0.05) is 18.5 Å². The summed E-state index contributed by atoms with van der Waals surface area (Å²) in [5, 5.41) is 2.68. The van der Waals surface area contributed by atoms with E-state index in [9.17, 15) is 19.2 Å². The molecule has 1 heterocycles. The predicted octanol–water partition coefficient (Wildman–Crippen LogP) is 2.83. The number of ether oxygens (including phenoxy) is 1. The lowest BCUT2D eigenvalue weighted by Crippen LogP contribution is -2.30. The number of esters is 1. The topological polar surface area (TPSA) is 92.8 Å². The van der Waals surface area contributed by atoms with Crippen LogP contribution in [0.25, 0.3) is 0 Å². The highest BCUT2D eigenvalue weighted by Gasteiger charge is 2.30. The number of carbonyl (C=O) groups excluding carboxylic acids is 4. The van der Waals surface area contributed by atoms with Crippen LogP contribution in [0.15, 0.2) is 48.5 Å². The van der Waals surface area contributed by atoms with Crippen molar-refractivity contribution in [3.63, 3.8) is 0 Å². The molecule has 7 heteroatoms. The van der Waals surface area contributed by atoms with Crippen molar-refractivity contribution in [3.8, 4) is 0 Å². The standard InChI is InChI=1S/C21H20N2O5/c1-13-6-8-16(9-7-13)22-20(26)14(2)28-21(27)15-4-3-5-17(12-15)23-18(24)10-11-19(23)25/h3-9,12,14H,10-11H2,1-2H3,(H,22,26)/t14-/m1/s1. The molecule has 0 spiro atoms. The maximum absolute atomic E-state index is 12.4. The van der Waals surface area contributed by atoms with E-state index in [1.165, 1.54) is 19.1 Å². The van der Waals surface area contributed by atoms with Crippen LogP contribution in [0.5, 0.6) is 0 Å². The lowest BCUT2D eigenvalue weighted by Gasteiger charge is -2.16. The fraction of sp³-hybridized carbons (Fsp3) is 0.238. The molecule has 0 aromatic heterocycles. The Hall–Kier alpha value is -3.48. The van der Waals surface area contributed by atoms with E-state index >= 15 is 0 Å². The summed E-state index contributed by atoms with van der Waals surface area (Å²) in [6.07, 6.45) is -0.708. The highest BCUT2D eigenvalue weighted by atomic mass is 16.5. The van der Waals surface area contributed by atoms with Crippen molar-refractivity contribution < 1.29 is 23.9 Å². The molecule has 2 aromatic rings. The molecule has 3 rings (SSSR count). The zero-order chi connectivity index (χ0) is 20.3. The fourth-order valence-electron chi connectivity index (χ4n) is 2.80. The van der Waals surface area contributed by atoms with Crippen LogP contribution in [0.4, 0.5) is 11.4 Å². The van der Waals surface area contributed by atoms with Crippen LogP contribution in [0.2, 0.25) is 0 Å². The minimum atomic E-state index is -1.02. The number of anilines is 2. The number of amides is 3. The van der Waals surface area contributed by atoms with Crippen LogP contribution in [-0.2, 0) is 19.1 Å². The van der Waals surface area contributed by atoms with E-state index in [0.29, 0.717) is 11.4 Å². The summed E-state index contributed by atoms with van der Waals surface area (Å²) in [5.74, 6) is -1.78. The molecule has 28 heavy (non-hydrogen) atoms. The molecular formula is C21H20N2O5. The predicted molar refractivity (Wildman–Crippen MR) is 103 cm³/mol. The summed E-state index contributed by atoms with van der Waals surface area (Å²) in [5.41, 5.74) is 2.14. The van der Waals surface area contributed by atoms with Gasteiger partial charge >= 0.3 is 5.97 Å². The number of imide groups is 1. The first-order chi connectivity index (χ1) is 13.3. The van der Waals surface area contributed by atoms with Gasteiger partial charge in [-0.2, -0.15) is 0 Å². The summed E-state index contributed by atoms with van der Waals surface area (Å²) in [4.78, 5) is 49.4. The Morgan fingerprint density at radius 2 is 1.68 bits per heavy atom. The van der Waals surface area contributed by atoms with Crippen LogP contribution in [0.3, 0.4) is 0 Å². The number of benzene rings is 2. The number of rotatable bonds is 5. The number of nitrogens with one attached hydrogen (secondary N) is 1. The fourth-order valence-corrected chi connectivity index (χ4v) is 2.80. The van der Waals surface area contributed by atoms with Gasteiger partial charge in [-0.05, 0) is 44.2 Å². The summed E-state index contributed by atoms with van der Waals surface area (Å²) < 4.78 is 5.23. The summed E-state index contributed by atoms with van der Waals surface area (Å²) >= 11 is 0. The van der Waals surface area contributed by atoms with E-state index in [0.717, 1.165) is 10.5 Å². The van der Waals surface area contributed by atoms with Crippen LogP contribution < -0.4 is 10.2 Å². The normalized spacial score (nSPS) is 14.7. The number of aryl methyl sites for hydroxylation is 1. The molecule has 1 aliphatic heterocycles. The van der Waals surface area contributed by atoms with Crippen molar-refractivity contribution in [2.75, 3.05) is 10.2 Å². The second-order valence-corrected chi connectivity index (χ2v) is 6.58. The third-order valence-corrected chi connectivity index (χ3v) is 4.36. The van der Waals surface area contributed by atoms with E-state index in [2.05, 4.69) is 5.32 Å². The Labute approximate surface area is 162 Å². The van der Waals surface area contributed by atoms with Crippen LogP contribution >= 0.6 is 0 Å². The highest BCUT2D eigenvalue weighted by Crippen LogP contribution is 2.24. The Balaban J connectivity index is 1.66. The molecule has 1 saturated heterocycles. The molecule has 0 unspecified atom stereocenters. The van der Waals surface area contributed by atoms with E-state index in [4.69, 9.17) is 4.74 Å². The molecule has 3 amide bonds. The lowest BCUT2D eigenvalue weighted by molar-refractivity contribution is -0.124. The minimum Gasteiger partial charge on any atom is -0.449 e. The largest absolute Gasteiger partial charge is 0.449 e. The number of nitrogens with zero attached hydrogens (tertiary/aromatic N) is 1. The quantitative estimate of drug-likeness (QED) is 0.636. The Kier molecular flexibility index (Phi) is 5.54. The van der Waals surface area contributed by atoms with Gasteiger partial charge in [0.05, 0.1) is 11.3 Å². The average Bonchev–Trinajstić information content (AvgIpc) is 3.01. The first-order valence-electron chi connectivity index (χ1n) is 8.89. The molecule has 1 atom stereocenters. The lowest BCUT2D eigenvalue weighted by atomic mass is 10.2. The summed E-state index contributed by atoms with van der Waals surface area (Å²) in [6, 6.07) is 13.3. The van der Waals surface area contributed by atoms with E-state index in [1.807, 2.05) is 19.1 Å². The van der Waals surface area contributed by atoms with E-state index < -0.39 is 18.0 Å². The van der Waals surface area contributed by atoms with Crippen molar-refractivity contribution in [2.24, 2.45) is 0 Å². The smallest absolute Gasteiger partial charge is 0.338 e. The van der Waals surface area contributed by atoms with Gasteiger partial charge in [-0.1, -0.05) is 23.8 Å². The number of hydrogen-bond donors (Lipinski definition) is 1. The van der Waals surface area contributed by atoms with Gasteiger partial charge in [0.1, 0.15) is 0 Å². The maximum Gasteiger partial charge on any atom is 0.338 e. The van der Waals surface area contributed by atoms with Gasteiger partial charge in [0.15, 0.2) is 6.10 Å². The molecule has 1 aliphatic rings. The Bertz CT molecular complexity index is 920. The molecule has 0 bridgehead atoms. The van der Waals surface area contributed by atoms with Gasteiger partial charge < -0.3 is 10.1 Å². The van der Waals surface area contributed by atoms with Crippen LogP contribution in [0.1, 0.15) is 35.7 Å². The molecule has 0 aliphatic carbocycles. The third kappa shape index (κ3) is 4.25. The highest BCUT2D eigenvalue weighted by molar-refractivity contribution is 6.20. The van der Waals surface area contributed by atoms with Gasteiger partial charge in [-0.25, -0.2) is 4.79 Å². The SMILES string of the molecule is Cc1ccc(NC(=O)[C@@H](C)OC(=O)c2cccc(N3C(=O)CCC3=O)c2)cc1. The number of carbonyl (C=O) groups is 4. The van der Waals surface area contributed by atoms with Gasteiger partial charge in [0.25, 0.3) is 5.91 Å². The molecule has 0 radical (unpaired) electrons. The molecular weight excluding hydrogens is 360 g/mol. The zero-order valence-electron chi connectivity index (χ0n) is 15.6. The summed E-state index contributed by atoms with van der Waals surface area (Å²) in [6.45, 7) is 3.41. The minimum absolute atomic E-state index is 0.153. The maximum atomic E-state index is 12.4. The molecule has 7 nitrogen and oxygen atoms in total. The Morgan fingerprint density at radius 3 is 2.32 bits per heavy atom. The van der Waals surface area contributed by atoms with Crippen LogP contribution in [0, 0.1) is 6.92 Å². The molecule has 0 saturated carbocycles. The van der Waals surface area contributed by atoms with E-state index in [-0.39, 0.29) is 30.2 Å². The van der Waals surface area contributed by atoms with Gasteiger partial charge in [-0.3, -0.25) is 19.3 Å². The average molecular weight is 380 g/mol. The summed E-state index contributed by atoms with van der Waals surface area (Å²) in [7, 11) is 0. The molecule has 144 valence electrons. The van der Waals surface area contributed by atoms with E-state index in [1.54, 1.807) is 24.3 Å². The first-order valence-corrected chi connectivity index (χ1v) is 8.89. The number of hydrogen-bond acceptors (Lipinski definition) is 5. The van der Waals surface area contributed by atoms with Gasteiger partial charge in [-0.15, -0.1) is 0 Å². The second-order valence-electron chi connectivity index (χ2n) is 6.58. The van der Waals surface area contributed by atoms with Crippen molar-refractivity contribution >= 4 is 35.1 Å². The van der Waals surface area contributed by atoms with Gasteiger partial charge in [0.2, 0.25) is 11.8 Å². The zero-order valence-corrected chi connectivity index (χ0v) is 15.6. The first kappa shape index (κ1) is 19.3. The Morgan fingerprint density at radius 1 is 1.04 bits per heavy atom. The molecule has 2 aromatic carbocycles. The van der Waals surface area contributed by atoms with Crippen molar-refractivity contribution in [3.05, 3.63) is 59.7 Å². The second kappa shape index (κ2) is 8.04. The van der Waals surface area contributed by atoms with Crippen molar-refractivity contribution in [2.45, 2.75) is 32.8 Å². The monoisotopic (exact) mass is 380 g/mol. The molecule has 1 fully saturated rings. The molecule has 1 N–H and O–H groups in total. The third-order valence-electron chi connectivity index (χ3n) is 4.36. The van der Waals surface area contributed by atoms with Crippen molar-refractivity contribution in [1.29, 1.82) is 0 Å². The van der Waals surface area contributed by atoms with Crippen LogP contribution in [-0.4, -0.2) is 29.8 Å². The van der Waals surface area contributed by atoms with Crippen molar-refractivity contribution in [1.82, 2.24) is 0 Å².